The van der Waals surface area contributed by atoms with E-state index in [4.69, 9.17) is 5.11 Å². The van der Waals surface area contributed by atoms with Crippen LogP contribution in [0.5, 0.6) is 0 Å². The van der Waals surface area contributed by atoms with Crippen molar-refractivity contribution in [1.29, 1.82) is 0 Å². The zero-order valence-electron chi connectivity index (χ0n) is 8.18. The van der Waals surface area contributed by atoms with Crippen LogP contribution in [0.15, 0.2) is 0 Å². The van der Waals surface area contributed by atoms with Crippen LogP contribution in [0.4, 0.5) is 4.79 Å². The Balaban J connectivity index is 2.17. The molecular weight excluding hydrogens is 184 g/mol. The van der Waals surface area contributed by atoms with Gasteiger partial charge in [-0.05, 0) is 19.8 Å². The highest BCUT2D eigenvalue weighted by Gasteiger charge is 2.46. The van der Waals surface area contributed by atoms with Gasteiger partial charge in [0.25, 0.3) is 0 Å². The first kappa shape index (κ1) is 9.73. The maximum Gasteiger partial charge on any atom is 0.407 e. The van der Waals surface area contributed by atoms with E-state index in [0.717, 1.165) is 12.8 Å². The number of nitrogens with one attached hydrogen (secondary N) is 1. The molecule has 2 rings (SSSR count). The first-order valence-electron chi connectivity index (χ1n) is 5.04. The van der Waals surface area contributed by atoms with Crippen LogP contribution in [0.3, 0.4) is 0 Å². The number of aliphatic hydroxyl groups excluding tert-OH is 1. The van der Waals surface area contributed by atoms with Gasteiger partial charge in [-0.3, -0.25) is 4.90 Å². The second kappa shape index (κ2) is 3.40. The van der Waals surface area contributed by atoms with Crippen molar-refractivity contribution in [3.63, 3.8) is 0 Å². The smallest absolute Gasteiger partial charge is 0.407 e. The van der Waals surface area contributed by atoms with Crippen LogP contribution < -0.4 is 5.32 Å². The highest BCUT2D eigenvalue weighted by molar-refractivity contribution is 5.67. The minimum Gasteiger partial charge on any atom is -0.465 e. The molecule has 2 bridgehead atoms. The third-order valence-electron chi connectivity index (χ3n) is 3.29. The van der Waals surface area contributed by atoms with Crippen LogP contribution in [0.25, 0.3) is 0 Å². The van der Waals surface area contributed by atoms with E-state index in [0.29, 0.717) is 6.54 Å². The fourth-order valence-electron chi connectivity index (χ4n) is 2.66. The van der Waals surface area contributed by atoms with Crippen molar-refractivity contribution in [2.24, 2.45) is 0 Å². The maximum absolute atomic E-state index is 11.0. The van der Waals surface area contributed by atoms with Crippen molar-refractivity contribution < 1.29 is 15.0 Å². The van der Waals surface area contributed by atoms with Crippen molar-refractivity contribution in [3.05, 3.63) is 0 Å². The van der Waals surface area contributed by atoms with Gasteiger partial charge in [-0.2, -0.15) is 0 Å². The molecule has 1 amide bonds. The minimum absolute atomic E-state index is 0.0498. The quantitative estimate of drug-likeness (QED) is 0.550. The van der Waals surface area contributed by atoms with Crippen molar-refractivity contribution in [3.8, 4) is 0 Å². The lowest BCUT2D eigenvalue weighted by atomic mass is 10.0. The molecule has 2 fully saturated rings. The number of nitrogens with zero attached hydrogens (tertiary/aromatic N) is 1. The van der Waals surface area contributed by atoms with Crippen molar-refractivity contribution in [1.82, 2.24) is 10.2 Å². The predicted molar refractivity (Wildman–Crippen MR) is 50.1 cm³/mol. The van der Waals surface area contributed by atoms with Crippen LogP contribution in [0.1, 0.15) is 19.8 Å². The van der Waals surface area contributed by atoms with E-state index in [-0.39, 0.29) is 18.1 Å². The molecular formula is C9H16N2O3. The molecule has 5 heteroatoms. The summed E-state index contributed by atoms with van der Waals surface area (Å²) < 4.78 is 0. The number of carboxylic acid groups (broad SMARTS) is 1. The molecule has 4 atom stereocenters. The molecule has 0 spiro atoms. The standard InChI is InChI=1S/C9H16N2O3/c1-5(12)8-7-3-2-6(4-10-8)11(7)9(13)14/h5-8,10,12H,2-4H2,1H3,(H,13,14)/t5-,6+,7-,8+/m0/s1. The first-order valence-corrected chi connectivity index (χ1v) is 5.04. The number of rotatable bonds is 1. The summed E-state index contributed by atoms with van der Waals surface area (Å²) in [7, 11) is 0. The lowest BCUT2D eigenvalue weighted by Gasteiger charge is -2.40. The monoisotopic (exact) mass is 200 g/mol. The van der Waals surface area contributed by atoms with Gasteiger partial charge in [-0.25, -0.2) is 4.79 Å². The molecule has 0 radical (unpaired) electrons. The lowest BCUT2D eigenvalue weighted by molar-refractivity contribution is 0.0466. The molecule has 0 unspecified atom stereocenters. The fraction of sp³-hybridized carbons (Fsp3) is 0.889. The molecule has 5 nitrogen and oxygen atoms in total. The van der Waals surface area contributed by atoms with Crippen LogP contribution >= 0.6 is 0 Å². The summed E-state index contributed by atoms with van der Waals surface area (Å²) in [6.45, 7) is 2.37. The second-order valence-electron chi connectivity index (χ2n) is 4.16. The molecule has 2 aliphatic rings. The molecule has 3 N–H and O–H groups in total. The van der Waals surface area contributed by atoms with Crippen molar-refractivity contribution >= 4 is 6.09 Å². The Morgan fingerprint density at radius 1 is 1.57 bits per heavy atom. The molecule has 0 saturated carbocycles. The Hall–Kier alpha value is -0.810. The number of amides is 1. The molecule has 80 valence electrons. The normalized spacial score (nSPS) is 38.4. The highest BCUT2D eigenvalue weighted by atomic mass is 16.4. The van der Waals surface area contributed by atoms with E-state index in [1.807, 2.05) is 0 Å². The molecule has 0 aromatic carbocycles. The van der Waals surface area contributed by atoms with E-state index in [2.05, 4.69) is 5.32 Å². The SMILES string of the molecule is C[C@H](O)[C@H]1NC[C@H]2CC[C@@H]1N2C(=O)O. The summed E-state index contributed by atoms with van der Waals surface area (Å²) in [6.07, 6.45) is 0.415. The summed E-state index contributed by atoms with van der Waals surface area (Å²) in [5.41, 5.74) is 0. The first-order chi connectivity index (χ1) is 6.61. The fourth-order valence-corrected chi connectivity index (χ4v) is 2.66. The molecule has 0 aromatic rings. The van der Waals surface area contributed by atoms with Gasteiger partial charge in [-0.1, -0.05) is 0 Å². The largest absolute Gasteiger partial charge is 0.465 e. The Kier molecular flexibility index (Phi) is 2.36. The third-order valence-corrected chi connectivity index (χ3v) is 3.29. The second-order valence-corrected chi connectivity index (χ2v) is 4.16. The topological polar surface area (TPSA) is 72.8 Å². The van der Waals surface area contributed by atoms with Gasteiger partial charge in [0, 0.05) is 12.6 Å². The van der Waals surface area contributed by atoms with Gasteiger partial charge in [0.2, 0.25) is 0 Å². The van der Waals surface area contributed by atoms with Gasteiger partial charge in [-0.15, -0.1) is 0 Å². The predicted octanol–water partition coefficient (Wildman–Crippen LogP) is -0.150. The van der Waals surface area contributed by atoms with E-state index >= 15 is 0 Å². The number of hydrogen-bond acceptors (Lipinski definition) is 3. The molecule has 0 aromatic heterocycles. The molecule has 2 heterocycles. The van der Waals surface area contributed by atoms with E-state index in [1.54, 1.807) is 6.92 Å². The number of fused-ring (bicyclic) bond motifs is 2. The summed E-state index contributed by atoms with van der Waals surface area (Å²) in [5, 5.41) is 21.8. The van der Waals surface area contributed by atoms with Gasteiger partial charge >= 0.3 is 6.09 Å². The summed E-state index contributed by atoms with van der Waals surface area (Å²) in [5.74, 6) is 0. The van der Waals surface area contributed by atoms with Gasteiger partial charge in [0.15, 0.2) is 0 Å². The number of hydrogen-bond donors (Lipinski definition) is 3. The lowest BCUT2D eigenvalue weighted by Crippen LogP contribution is -2.62. The Bertz CT molecular complexity index is 244. The number of carbonyl (C=O) groups is 1. The van der Waals surface area contributed by atoms with Gasteiger partial charge in [0.05, 0.1) is 18.2 Å². The van der Waals surface area contributed by atoms with Gasteiger partial charge < -0.3 is 15.5 Å². The Labute approximate surface area is 82.7 Å². The summed E-state index contributed by atoms with van der Waals surface area (Å²) in [4.78, 5) is 12.5. The van der Waals surface area contributed by atoms with Crippen LogP contribution in [-0.4, -0.2) is 52.0 Å². The average Bonchev–Trinajstić information content (AvgIpc) is 2.40. The summed E-state index contributed by atoms with van der Waals surface area (Å²) in [6, 6.07) is -0.0522. The van der Waals surface area contributed by atoms with E-state index < -0.39 is 12.2 Å². The maximum atomic E-state index is 11.0. The minimum atomic E-state index is -0.857. The van der Waals surface area contributed by atoms with Crippen molar-refractivity contribution in [2.75, 3.05) is 6.54 Å². The van der Waals surface area contributed by atoms with Crippen LogP contribution in [-0.2, 0) is 0 Å². The zero-order chi connectivity index (χ0) is 10.3. The molecule has 2 aliphatic heterocycles. The summed E-state index contributed by atoms with van der Waals surface area (Å²) >= 11 is 0. The highest BCUT2D eigenvalue weighted by Crippen LogP contribution is 2.30. The van der Waals surface area contributed by atoms with Crippen LogP contribution in [0.2, 0.25) is 0 Å². The number of aliphatic hydroxyl groups is 1. The average molecular weight is 200 g/mol. The molecule has 0 aliphatic carbocycles. The van der Waals surface area contributed by atoms with E-state index in [9.17, 15) is 9.90 Å². The zero-order valence-corrected chi connectivity index (χ0v) is 8.18. The molecule has 14 heavy (non-hydrogen) atoms. The number of piperazine rings is 1. The molecule has 2 saturated heterocycles. The van der Waals surface area contributed by atoms with Crippen molar-refractivity contribution in [2.45, 2.75) is 44.0 Å². The Morgan fingerprint density at radius 3 is 2.86 bits per heavy atom. The van der Waals surface area contributed by atoms with Crippen LogP contribution in [0, 0.1) is 0 Å². The van der Waals surface area contributed by atoms with E-state index in [1.165, 1.54) is 4.90 Å². The Morgan fingerprint density at radius 2 is 2.29 bits per heavy atom. The van der Waals surface area contributed by atoms with Gasteiger partial charge in [0.1, 0.15) is 0 Å². The third kappa shape index (κ3) is 1.36.